The first-order valence-corrected chi connectivity index (χ1v) is 8.57. The van der Waals surface area contributed by atoms with Crippen LogP contribution in [0.25, 0.3) is 0 Å². The molecule has 0 atom stereocenters. The van der Waals surface area contributed by atoms with Crippen LogP contribution in [0.3, 0.4) is 0 Å². The molecule has 0 bridgehead atoms. The van der Waals surface area contributed by atoms with Crippen molar-refractivity contribution in [2.45, 2.75) is 0 Å². The molecule has 1 nitrogen and oxygen atoms in total. The molecule has 0 aromatic carbocycles. The predicted octanol–water partition coefficient (Wildman–Crippen LogP) is -2.04. The van der Waals surface area contributed by atoms with Crippen LogP contribution in [0, 0.1) is 0 Å². The van der Waals surface area contributed by atoms with Crippen molar-refractivity contribution in [2.24, 2.45) is 5.40 Å². The molecule has 0 saturated heterocycles. The second-order valence-corrected chi connectivity index (χ2v) is 8.64. The summed E-state index contributed by atoms with van der Waals surface area (Å²) >= 11 is 4.00. The Labute approximate surface area is 35.5 Å². The third-order valence-corrected chi connectivity index (χ3v) is 3.49. The minimum atomic E-state index is -0.0725. The van der Waals surface area contributed by atoms with E-state index in [0.717, 1.165) is 0 Å². The largest absolute Gasteiger partial charge is 0.357 e. The van der Waals surface area contributed by atoms with Crippen LogP contribution in [0.4, 0.5) is 0 Å². The quantitative estimate of drug-likeness (QED) is 0.294. The standard InChI is InChI=1S/H7NSSi2/c1-3-4-2/h2H,1,3-4H2. The van der Waals surface area contributed by atoms with Crippen LogP contribution < -0.4 is 5.40 Å². The lowest BCUT2D eigenvalue weighted by atomic mass is 13.9. The Bertz CT molecular complexity index is 8.00. The maximum absolute atomic E-state index is 5.15. The molecule has 0 aliphatic heterocycles. The van der Waals surface area contributed by atoms with Gasteiger partial charge in [-0.15, -0.1) is 0 Å². The fourth-order valence-corrected chi connectivity index (χ4v) is 0. The third kappa shape index (κ3) is 2.74. The van der Waals surface area contributed by atoms with Gasteiger partial charge in [-0.25, -0.2) is 12.1 Å². The van der Waals surface area contributed by atoms with Crippen LogP contribution in [-0.2, 0) is 0 Å². The number of nitrogens with two attached hydrogens (primary N) is 1. The topological polar surface area (TPSA) is 26.0 Å². The molecule has 0 aromatic heterocycles. The predicted molar refractivity (Wildman–Crippen MR) is 30.3 cm³/mol. The normalized spacial score (nSPS) is 13.5. The lowest BCUT2D eigenvalue weighted by molar-refractivity contribution is 1.98. The highest BCUT2D eigenvalue weighted by Gasteiger charge is 1.61. The Kier molecular flexibility index (Phi) is 4.44. The van der Waals surface area contributed by atoms with Gasteiger partial charge in [0.05, 0.1) is 17.4 Å². The first-order chi connectivity index (χ1) is 1.91. The molecule has 0 radical (unpaired) electrons. The van der Waals surface area contributed by atoms with Crippen molar-refractivity contribution in [1.82, 2.24) is 0 Å². The van der Waals surface area contributed by atoms with E-state index in [1.54, 1.807) is 0 Å². The van der Waals surface area contributed by atoms with Crippen molar-refractivity contribution in [3.8, 4) is 0 Å². The Balaban J connectivity index is 1.97. The first kappa shape index (κ1) is 4.74. The van der Waals surface area contributed by atoms with Crippen LogP contribution in [0.15, 0.2) is 0 Å². The van der Waals surface area contributed by atoms with Crippen molar-refractivity contribution in [2.75, 3.05) is 0 Å². The summed E-state index contributed by atoms with van der Waals surface area (Å²) in [5.41, 5.74) is 0. The molecule has 26 valence electrons. The zero-order valence-electron chi connectivity index (χ0n) is 2.44. The highest BCUT2D eigenvalue weighted by atomic mass is 32.3. The van der Waals surface area contributed by atoms with E-state index in [2.05, 4.69) is 12.1 Å². The monoisotopic (exact) mass is 109 g/mol. The van der Waals surface area contributed by atoms with Crippen LogP contribution in [0.5, 0.6) is 0 Å². The second-order valence-electron chi connectivity index (χ2n) is 0.512. The fourth-order valence-electron chi connectivity index (χ4n) is 0. The SMILES string of the molecule is N[SiH2][SiH2]S. The number of hydrogen-bond donors (Lipinski definition) is 2. The Morgan fingerprint density at radius 1 is 1.75 bits per heavy atom. The van der Waals surface area contributed by atoms with Gasteiger partial charge in [-0.05, 0) is 0 Å². The van der Waals surface area contributed by atoms with Crippen LogP contribution in [-0.4, -0.2) is 17.4 Å². The van der Waals surface area contributed by atoms with Gasteiger partial charge in [0.25, 0.3) is 0 Å². The summed E-state index contributed by atoms with van der Waals surface area (Å²) in [5.74, 6) is 0. The van der Waals surface area contributed by atoms with E-state index >= 15 is 0 Å². The van der Waals surface area contributed by atoms with Crippen LogP contribution >= 0.6 is 12.1 Å². The van der Waals surface area contributed by atoms with Gasteiger partial charge in [0.1, 0.15) is 0 Å². The number of hydrogen-bond acceptors (Lipinski definition) is 2. The molecular formula is H7NSSi2. The van der Waals surface area contributed by atoms with E-state index in [4.69, 9.17) is 5.40 Å². The summed E-state index contributed by atoms with van der Waals surface area (Å²) in [5, 5.41) is 5.15. The van der Waals surface area contributed by atoms with E-state index in [1.807, 2.05) is 0 Å². The van der Waals surface area contributed by atoms with Gasteiger partial charge >= 0.3 is 0 Å². The fraction of sp³-hybridized carbons (Fsp3) is 0. The highest BCUT2D eigenvalue weighted by Crippen LogP contribution is 1.49. The smallest absolute Gasteiger partial charge is 0.0850 e. The van der Waals surface area contributed by atoms with Gasteiger partial charge in [0.15, 0.2) is 0 Å². The van der Waals surface area contributed by atoms with Gasteiger partial charge in [-0.2, -0.15) is 0 Å². The van der Waals surface area contributed by atoms with Crippen LogP contribution in [0.1, 0.15) is 0 Å². The Morgan fingerprint density at radius 2 is 2.00 bits per heavy atom. The van der Waals surface area contributed by atoms with Crippen molar-refractivity contribution >= 4 is 29.5 Å². The average molecular weight is 109 g/mol. The molecule has 0 spiro atoms. The molecule has 0 unspecified atom stereocenters. The van der Waals surface area contributed by atoms with Crippen LogP contribution in [0.2, 0.25) is 0 Å². The summed E-state index contributed by atoms with van der Waals surface area (Å²) in [4.78, 5) is 0. The van der Waals surface area contributed by atoms with Gasteiger partial charge in [0.2, 0.25) is 0 Å². The summed E-state index contributed by atoms with van der Waals surface area (Å²) in [6, 6.07) is 0. The molecule has 0 rings (SSSR count). The molecular weight excluding hydrogens is 102 g/mol. The molecule has 2 N–H and O–H groups in total. The highest BCUT2D eigenvalue weighted by molar-refractivity contribution is 8.12. The Morgan fingerprint density at radius 3 is 2.00 bits per heavy atom. The van der Waals surface area contributed by atoms with E-state index in [9.17, 15) is 0 Å². The van der Waals surface area contributed by atoms with Gasteiger partial charge in [-0.1, -0.05) is 0 Å². The van der Waals surface area contributed by atoms with Crippen molar-refractivity contribution in [1.29, 1.82) is 0 Å². The summed E-state index contributed by atoms with van der Waals surface area (Å²) in [7, 11) is -0.0370. The zero-order chi connectivity index (χ0) is 3.41. The van der Waals surface area contributed by atoms with E-state index in [0.29, 0.717) is 0 Å². The maximum atomic E-state index is 5.15. The van der Waals surface area contributed by atoms with E-state index < -0.39 is 0 Å². The second kappa shape index (κ2) is 3.74. The molecule has 0 amide bonds. The molecule has 0 saturated carbocycles. The zero-order valence-corrected chi connectivity index (χ0v) is 6.16. The lowest BCUT2D eigenvalue weighted by Gasteiger charge is -1.65. The molecule has 0 aliphatic rings. The molecule has 0 aliphatic carbocycles. The van der Waals surface area contributed by atoms with E-state index in [1.165, 1.54) is 0 Å². The molecule has 0 aromatic rings. The summed E-state index contributed by atoms with van der Waals surface area (Å²) in [6.45, 7) is 0. The lowest BCUT2D eigenvalue weighted by Crippen LogP contribution is -2.08. The molecule has 0 heterocycles. The van der Waals surface area contributed by atoms with Crippen molar-refractivity contribution in [3.63, 3.8) is 0 Å². The number of rotatable bonds is 1. The molecule has 4 heavy (non-hydrogen) atoms. The van der Waals surface area contributed by atoms with Gasteiger partial charge < -0.3 is 5.40 Å². The maximum Gasteiger partial charge on any atom is 0.0850 e. The van der Waals surface area contributed by atoms with E-state index in [-0.39, 0.29) is 17.4 Å². The van der Waals surface area contributed by atoms with Gasteiger partial charge in [-0.3, -0.25) is 0 Å². The minimum Gasteiger partial charge on any atom is -0.357 e. The number of thiol groups is 1. The Hall–Kier alpha value is 0.744. The van der Waals surface area contributed by atoms with Crippen molar-refractivity contribution in [3.05, 3.63) is 0 Å². The molecule has 4 heteroatoms. The summed E-state index contributed by atoms with van der Waals surface area (Å²) in [6.07, 6.45) is 0. The van der Waals surface area contributed by atoms with Crippen molar-refractivity contribution < 1.29 is 0 Å². The first-order valence-electron chi connectivity index (χ1n) is 1.22. The minimum absolute atomic E-state index is 0.0355. The van der Waals surface area contributed by atoms with Gasteiger partial charge in [0, 0.05) is 0 Å². The molecule has 0 fully saturated rings. The summed E-state index contributed by atoms with van der Waals surface area (Å²) < 4.78 is 0. The third-order valence-electron chi connectivity index (χ3n) is 0.129. The average Bonchev–Trinajstić information content (AvgIpc) is 1.37.